The third kappa shape index (κ3) is 4.02. The lowest BCUT2D eigenvalue weighted by Gasteiger charge is -2.33. The normalized spacial score (nSPS) is 18.0. The second kappa shape index (κ2) is 7.15. The van der Waals surface area contributed by atoms with Crippen molar-refractivity contribution >= 4 is 17.5 Å². The van der Waals surface area contributed by atoms with E-state index in [0.717, 1.165) is 11.3 Å². The average molecular weight is 311 g/mol. The van der Waals surface area contributed by atoms with Gasteiger partial charge in [0.2, 0.25) is 5.91 Å². The van der Waals surface area contributed by atoms with Gasteiger partial charge in [0, 0.05) is 12.2 Å². The molecule has 1 heterocycles. The highest BCUT2D eigenvalue weighted by Gasteiger charge is 2.30. The fourth-order valence-corrected chi connectivity index (χ4v) is 2.64. The van der Waals surface area contributed by atoms with E-state index in [1.165, 1.54) is 0 Å². The van der Waals surface area contributed by atoms with E-state index < -0.39 is 6.10 Å². The first kappa shape index (κ1) is 15.4. The van der Waals surface area contributed by atoms with Crippen molar-refractivity contribution < 1.29 is 14.3 Å². The maximum absolute atomic E-state index is 12.5. The second-order valence-electron chi connectivity index (χ2n) is 5.53. The Bertz CT molecular complexity index is 652. The Morgan fingerprint density at radius 3 is 2.87 bits per heavy atom. The van der Waals surface area contributed by atoms with Crippen LogP contribution in [0.1, 0.15) is 12.0 Å². The first-order valence-electron chi connectivity index (χ1n) is 7.68. The molecular formula is C18H19N2O3-. The number of rotatable bonds is 5. The molecule has 1 saturated heterocycles. The molecule has 1 unspecified atom stereocenters. The van der Waals surface area contributed by atoms with Crippen molar-refractivity contribution in [1.29, 1.82) is 0 Å². The van der Waals surface area contributed by atoms with E-state index in [9.17, 15) is 9.59 Å². The molecule has 1 atom stereocenters. The summed E-state index contributed by atoms with van der Waals surface area (Å²) >= 11 is 0. The number of amides is 2. The van der Waals surface area contributed by atoms with E-state index in [0.29, 0.717) is 19.7 Å². The van der Waals surface area contributed by atoms with Crippen LogP contribution in [0.4, 0.5) is 5.69 Å². The second-order valence-corrected chi connectivity index (χ2v) is 5.53. The van der Waals surface area contributed by atoms with Gasteiger partial charge in [-0.3, -0.25) is 9.59 Å². The van der Waals surface area contributed by atoms with Crippen LogP contribution in [0.3, 0.4) is 0 Å². The van der Waals surface area contributed by atoms with Crippen molar-refractivity contribution in [2.24, 2.45) is 0 Å². The van der Waals surface area contributed by atoms with Gasteiger partial charge in [0.15, 0.2) is 0 Å². The zero-order valence-electron chi connectivity index (χ0n) is 12.8. The van der Waals surface area contributed by atoms with Crippen molar-refractivity contribution in [2.75, 3.05) is 18.5 Å². The fraction of sp³-hybridized carbons (Fsp3) is 0.278. The molecule has 5 nitrogen and oxygen atoms in total. The zero-order chi connectivity index (χ0) is 16.1. The van der Waals surface area contributed by atoms with Gasteiger partial charge >= 0.3 is 0 Å². The van der Waals surface area contributed by atoms with Gasteiger partial charge in [-0.05, 0) is 18.7 Å². The van der Waals surface area contributed by atoms with Crippen LogP contribution in [0.25, 0.3) is 0 Å². The topological polar surface area (TPSA) is 58.6 Å². The summed E-state index contributed by atoms with van der Waals surface area (Å²) in [5, 5.41) is 2.78. The average Bonchev–Trinajstić information content (AvgIpc) is 3.05. The van der Waals surface area contributed by atoms with Crippen LogP contribution in [0.5, 0.6) is 0 Å². The quantitative estimate of drug-likeness (QED) is 0.861. The smallest absolute Gasteiger partial charge is 0.251 e. The van der Waals surface area contributed by atoms with Crippen LogP contribution in [-0.4, -0.2) is 36.0 Å². The molecule has 0 saturated carbocycles. The Morgan fingerprint density at radius 1 is 1.30 bits per heavy atom. The van der Waals surface area contributed by atoms with Gasteiger partial charge in [0.1, 0.15) is 6.10 Å². The summed E-state index contributed by atoms with van der Waals surface area (Å²) in [4.78, 5) is 26.3. The number of nitrogens with zero attached hydrogens (tertiary/aromatic N) is 1. The lowest BCUT2D eigenvalue weighted by Crippen LogP contribution is -2.48. The van der Waals surface area contributed by atoms with Crippen molar-refractivity contribution in [2.45, 2.75) is 19.1 Å². The summed E-state index contributed by atoms with van der Waals surface area (Å²) in [5.74, 6) is -0.342. The number of carbonyl (C=O) groups excluding carboxylic acids is 2. The first-order valence-corrected chi connectivity index (χ1v) is 7.68. The number of hydrogen-bond donors (Lipinski definition) is 1. The highest BCUT2D eigenvalue weighted by molar-refractivity contribution is 5.95. The van der Waals surface area contributed by atoms with Gasteiger partial charge in [-0.1, -0.05) is 18.2 Å². The van der Waals surface area contributed by atoms with E-state index in [1.807, 2.05) is 54.6 Å². The molecule has 2 amide bonds. The third-order valence-electron chi connectivity index (χ3n) is 3.80. The summed E-state index contributed by atoms with van der Waals surface area (Å²) in [6, 6.07) is 17.1. The highest BCUT2D eigenvalue weighted by Crippen LogP contribution is 2.15. The summed E-state index contributed by atoms with van der Waals surface area (Å²) in [5.41, 5.74) is 1.81. The Morgan fingerprint density at radius 2 is 2.13 bits per heavy atom. The Labute approximate surface area is 135 Å². The molecule has 5 heteroatoms. The van der Waals surface area contributed by atoms with Crippen LogP contribution >= 0.6 is 0 Å². The molecular weight excluding hydrogens is 292 g/mol. The van der Waals surface area contributed by atoms with Crippen molar-refractivity contribution in [1.82, 2.24) is 4.90 Å². The Kier molecular flexibility index (Phi) is 4.78. The van der Waals surface area contributed by atoms with Gasteiger partial charge < -0.3 is 15.0 Å². The first-order chi connectivity index (χ1) is 11.2. The summed E-state index contributed by atoms with van der Waals surface area (Å²) < 4.78 is 5.50. The van der Waals surface area contributed by atoms with Crippen LogP contribution in [0.2, 0.25) is 0 Å². The SMILES string of the molecule is O=C(CC1OCCN(Cc2cc[cH-]c2)C1=O)Nc1ccccc1. The molecule has 23 heavy (non-hydrogen) atoms. The van der Waals surface area contributed by atoms with Gasteiger partial charge in [-0.25, -0.2) is 6.07 Å². The minimum Gasteiger partial charge on any atom is -0.366 e. The highest BCUT2D eigenvalue weighted by atomic mass is 16.5. The Balaban J connectivity index is 1.56. The largest absolute Gasteiger partial charge is 0.366 e. The van der Waals surface area contributed by atoms with E-state index in [4.69, 9.17) is 4.74 Å². The molecule has 2 aromatic rings. The minimum absolute atomic E-state index is 0.0330. The van der Waals surface area contributed by atoms with Gasteiger partial charge in [0.05, 0.1) is 13.0 Å². The number of nitrogens with one attached hydrogen (secondary N) is 1. The molecule has 1 fully saturated rings. The summed E-state index contributed by atoms with van der Waals surface area (Å²) in [7, 11) is 0. The molecule has 1 aliphatic heterocycles. The van der Waals surface area contributed by atoms with Crippen LogP contribution in [0, 0.1) is 0 Å². The van der Waals surface area contributed by atoms with Gasteiger partial charge in [-0.2, -0.15) is 23.8 Å². The Hall–Kier alpha value is -2.53. The summed E-state index contributed by atoms with van der Waals surface area (Å²) in [6.07, 6.45) is -0.673. The molecule has 1 aliphatic rings. The van der Waals surface area contributed by atoms with E-state index in [-0.39, 0.29) is 18.2 Å². The van der Waals surface area contributed by atoms with Gasteiger partial charge in [0.25, 0.3) is 5.91 Å². The number of hydrogen-bond acceptors (Lipinski definition) is 3. The third-order valence-corrected chi connectivity index (χ3v) is 3.80. The lowest BCUT2D eigenvalue weighted by atomic mass is 10.1. The zero-order valence-corrected chi connectivity index (χ0v) is 12.8. The molecule has 0 aliphatic carbocycles. The van der Waals surface area contributed by atoms with Crippen LogP contribution < -0.4 is 5.32 Å². The van der Waals surface area contributed by atoms with E-state index in [2.05, 4.69) is 5.32 Å². The maximum Gasteiger partial charge on any atom is 0.251 e. The van der Waals surface area contributed by atoms with Crippen LogP contribution in [-0.2, 0) is 20.9 Å². The minimum atomic E-state index is -0.706. The molecule has 0 spiro atoms. The molecule has 120 valence electrons. The monoisotopic (exact) mass is 311 g/mol. The predicted molar refractivity (Wildman–Crippen MR) is 86.9 cm³/mol. The number of ether oxygens (including phenoxy) is 1. The maximum atomic E-state index is 12.5. The lowest BCUT2D eigenvalue weighted by molar-refractivity contribution is -0.155. The molecule has 0 aromatic heterocycles. The van der Waals surface area contributed by atoms with Crippen LogP contribution in [0.15, 0.2) is 54.6 Å². The molecule has 1 N–H and O–H groups in total. The molecule has 0 bridgehead atoms. The number of benzene rings is 1. The predicted octanol–water partition coefficient (Wildman–Crippen LogP) is 2.16. The summed E-state index contributed by atoms with van der Waals surface area (Å²) in [6.45, 7) is 1.57. The molecule has 2 aromatic carbocycles. The number of morpholine rings is 1. The van der Waals surface area contributed by atoms with Crippen molar-refractivity contribution in [3.8, 4) is 0 Å². The molecule has 0 radical (unpaired) electrons. The van der Waals surface area contributed by atoms with Crippen molar-refractivity contribution in [3.63, 3.8) is 0 Å². The van der Waals surface area contributed by atoms with E-state index in [1.54, 1.807) is 4.90 Å². The van der Waals surface area contributed by atoms with Gasteiger partial charge in [-0.15, -0.1) is 0 Å². The number of para-hydroxylation sites is 1. The number of anilines is 1. The van der Waals surface area contributed by atoms with Crippen molar-refractivity contribution in [3.05, 3.63) is 60.2 Å². The fourth-order valence-electron chi connectivity index (χ4n) is 2.64. The number of carbonyl (C=O) groups is 2. The van der Waals surface area contributed by atoms with E-state index >= 15 is 0 Å². The standard InChI is InChI=1S/C18H19N2O3/c21-17(19-15-8-2-1-3-9-15)12-16-18(22)20(10-11-23-16)13-14-6-4-5-7-14/h1-9,16H,10-13H2,(H,19,21)/q-1. The molecule has 3 rings (SSSR count).